The highest BCUT2D eigenvalue weighted by molar-refractivity contribution is 7.17. The summed E-state index contributed by atoms with van der Waals surface area (Å²) in [7, 11) is 0. The first kappa shape index (κ1) is 14.6. The molecule has 1 heterocycles. The summed E-state index contributed by atoms with van der Waals surface area (Å²) in [6.45, 7) is -1.68. The van der Waals surface area contributed by atoms with Gasteiger partial charge in [-0.1, -0.05) is 0 Å². The van der Waals surface area contributed by atoms with Crippen molar-refractivity contribution in [1.82, 2.24) is 0 Å². The number of carbonyl (C=O) groups excluding carboxylic acids is 2. The summed E-state index contributed by atoms with van der Waals surface area (Å²) in [4.78, 5) is 23.6. The second-order valence-electron chi connectivity index (χ2n) is 4.24. The number of aryl methyl sites for hydroxylation is 1. The summed E-state index contributed by atoms with van der Waals surface area (Å²) in [5, 5.41) is 2.30. The van der Waals surface area contributed by atoms with E-state index in [2.05, 4.69) is 10.1 Å². The third kappa shape index (κ3) is 3.21. The number of anilines is 1. The number of fused-ring (bicyclic) bond motifs is 1. The van der Waals surface area contributed by atoms with Crippen molar-refractivity contribution in [2.75, 3.05) is 11.9 Å². The van der Waals surface area contributed by atoms with Crippen molar-refractivity contribution in [1.29, 1.82) is 0 Å². The van der Waals surface area contributed by atoms with E-state index in [1.54, 1.807) is 0 Å². The Hall–Kier alpha value is -1.77. The Kier molecular flexibility index (Phi) is 3.89. The lowest BCUT2D eigenvalue weighted by Crippen LogP contribution is -2.24. The number of hydrogen-bond donors (Lipinski definition) is 2. The van der Waals surface area contributed by atoms with E-state index in [-0.39, 0.29) is 10.6 Å². The van der Waals surface area contributed by atoms with Crippen molar-refractivity contribution >= 4 is 28.3 Å². The van der Waals surface area contributed by atoms with Gasteiger partial charge in [-0.3, -0.25) is 10.1 Å². The third-order valence-electron chi connectivity index (χ3n) is 2.75. The second-order valence-corrected chi connectivity index (χ2v) is 5.35. The van der Waals surface area contributed by atoms with Crippen LogP contribution in [0.4, 0.5) is 23.0 Å². The zero-order valence-electron chi connectivity index (χ0n) is 10.2. The van der Waals surface area contributed by atoms with Crippen molar-refractivity contribution < 1.29 is 27.5 Å². The first-order valence-electron chi connectivity index (χ1n) is 5.73. The van der Waals surface area contributed by atoms with Crippen LogP contribution in [-0.4, -0.2) is 24.8 Å². The molecule has 0 unspecified atom stereocenters. The second kappa shape index (κ2) is 5.31. The van der Waals surface area contributed by atoms with Gasteiger partial charge in [-0.25, -0.2) is 4.79 Å². The maximum absolute atomic E-state index is 11.9. The van der Waals surface area contributed by atoms with Crippen LogP contribution in [0, 0.1) is 0 Å². The average molecular weight is 308 g/mol. The average Bonchev–Trinajstić information content (AvgIpc) is 2.84. The number of alkyl halides is 3. The van der Waals surface area contributed by atoms with Crippen LogP contribution in [0.1, 0.15) is 27.2 Å². The van der Waals surface area contributed by atoms with Gasteiger partial charge >= 0.3 is 12.3 Å². The smallest absolute Gasteiger partial charge is 0.422 e. The Morgan fingerprint density at radius 2 is 2.05 bits per heavy atom. The SMILES string of the molecule is NC(=O)c1c(NC(=O)OCC(F)(F)F)sc2c1CCC2. The topological polar surface area (TPSA) is 81.4 Å². The van der Waals surface area contributed by atoms with E-state index in [0.29, 0.717) is 6.42 Å². The molecule has 0 spiro atoms. The predicted molar refractivity (Wildman–Crippen MR) is 65.9 cm³/mol. The number of rotatable bonds is 3. The number of thiophene rings is 1. The number of amides is 2. The number of nitrogens with two attached hydrogens (primary N) is 1. The van der Waals surface area contributed by atoms with E-state index < -0.39 is 24.8 Å². The highest BCUT2D eigenvalue weighted by Crippen LogP contribution is 2.38. The monoisotopic (exact) mass is 308 g/mol. The van der Waals surface area contributed by atoms with Crippen molar-refractivity contribution in [3.63, 3.8) is 0 Å². The molecule has 110 valence electrons. The van der Waals surface area contributed by atoms with Gasteiger partial charge in [-0.2, -0.15) is 13.2 Å². The summed E-state index contributed by atoms with van der Waals surface area (Å²) in [6, 6.07) is 0. The van der Waals surface area contributed by atoms with E-state index in [9.17, 15) is 22.8 Å². The maximum atomic E-state index is 11.9. The van der Waals surface area contributed by atoms with Gasteiger partial charge in [0.25, 0.3) is 5.91 Å². The lowest BCUT2D eigenvalue weighted by atomic mass is 10.1. The normalized spacial score (nSPS) is 13.9. The molecule has 2 amide bonds. The van der Waals surface area contributed by atoms with Crippen LogP contribution < -0.4 is 11.1 Å². The van der Waals surface area contributed by atoms with Crippen LogP contribution in [0.25, 0.3) is 0 Å². The Labute approximate surface area is 115 Å². The van der Waals surface area contributed by atoms with Crippen LogP contribution in [0.5, 0.6) is 0 Å². The van der Waals surface area contributed by atoms with Crippen LogP contribution in [0.2, 0.25) is 0 Å². The predicted octanol–water partition coefficient (Wildman–Crippen LogP) is 2.45. The third-order valence-corrected chi connectivity index (χ3v) is 3.96. The summed E-state index contributed by atoms with van der Waals surface area (Å²) in [5.41, 5.74) is 6.19. The minimum atomic E-state index is -4.60. The Balaban J connectivity index is 2.10. The van der Waals surface area contributed by atoms with Crippen LogP contribution in [-0.2, 0) is 17.6 Å². The molecule has 0 radical (unpaired) electrons. The van der Waals surface area contributed by atoms with Gasteiger partial charge in [0.15, 0.2) is 6.61 Å². The quantitative estimate of drug-likeness (QED) is 0.900. The molecule has 3 N–H and O–H groups in total. The lowest BCUT2D eigenvalue weighted by molar-refractivity contribution is -0.159. The fourth-order valence-corrected chi connectivity index (χ4v) is 3.31. The zero-order valence-corrected chi connectivity index (χ0v) is 11.0. The Bertz CT molecular complexity index is 554. The Morgan fingerprint density at radius 3 is 2.65 bits per heavy atom. The first-order valence-corrected chi connectivity index (χ1v) is 6.54. The largest absolute Gasteiger partial charge is 0.440 e. The Morgan fingerprint density at radius 1 is 1.35 bits per heavy atom. The molecule has 1 aliphatic carbocycles. The summed E-state index contributed by atoms with van der Waals surface area (Å²) >= 11 is 1.14. The van der Waals surface area contributed by atoms with E-state index in [1.165, 1.54) is 0 Å². The van der Waals surface area contributed by atoms with Crippen molar-refractivity contribution in [2.45, 2.75) is 25.4 Å². The molecule has 0 saturated heterocycles. The number of nitrogens with one attached hydrogen (secondary N) is 1. The molecule has 0 atom stereocenters. The maximum Gasteiger partial charge on any atom is 0.422 e. The van der Waals surface area contributed by atoms with E-state index in [1.807, 2.05) is 0 Å². The van der Waals surface area contributed by atoms with E-state index in [4.69, 9.17) is 5.73 Å². The van der Waals surface area contributed by atoms with E-state index in [0.717, 1.165) is 34.6 Å². The summed E-state index contributed by atoms with van der Waals surface area (Å²) in [5.74, 6) is -0.712. The van der Waals surface area contributed by atoms with Gasteiger partial charge in [0.1, 0.15) is 5.00 Å². The van der Waals surface area contributed by atoms with Gasteiger partial charge in [0, 0.05) is 4.88 Å². The zero-order chi connectivity index (χ0) is 14.9. The van der Waals surface area contributed by atoms with E-state index >= 15 is 0 Å². The van der Waals surface area contributed by atoms with Gasteiger partial charge in [0.05, 0.1) is 5.56 Å². The molecular weight excluding hydrogens is 297 g/mol. The molecule has 0 bridgehead atoms. The van der Waals surface area contributed by atoms with Gasteiger partial charge in [-0.15, -0.1) is 11.3 Å². The fraction of sp³-hybridized carbons (Fsp3) is 0.455. The number of primary amides is 1. The molecular formula is C11H11F3N2O3S. The standard InChI is InChI=1S/C11H11F3N2O3S/c12-11(13,14)4-19-10(18)16-9-7(8(15)17)5-2-1-3-6(5)20-9/h1-4H2,(H2,15,17)(H,16,18). The molecule has 1 aliphatic rings. The summed E-state index contributed by atoms with van der Waals surface area (Å²) in [6.07, 6.45) is -3.53. The number of ether oxygens (including phenoxy) is 1. The van der Waals surface area contributed by atoms with Gasteiger partial charge in [0.2, 0.25) is 0 Å². The minimum absolute atomic E-state index is 0.148. The number of halogens is 3. The molecule has 9 heteroatoms. The molecule has 0 saturated carbocycles. The number of carbonyl (C=O) groups is 2. The van der Waals surface area contributed by atoms with Crippen LogP contribution >= 0.6 is 11.3 Å². The first-order chi connectivity index (χ1) is 9.28. The molecule has 5 nitrogen and oxygen atoms in total. The highest BCUT2D eigenvalue weighted by atomic mass is 32.1. The van der Waals surface area contributed by atoms with Crippen molar-refractivity contribution in [3.8, 4) is 0 Å². The minimum Gasteiger partial charge on any atom is -0.440 e. The van der Waals surface area contributed by atoms with Crippen LogP contribution in [0.15, 0.2) is 0 Å². The molecule has 1 aromatic heterocycles. The molecule has 0 fully saturated rings. The summed E-state index contributed by atoms with van der Waals surface area (Å²) < 4.78 is 39.8. The molecule has 20 heavy (non-hydrogen) atoms. The molecule has 0 aliphatic heterocycles. The highest BCUT2D eigenvalue weighted by Gasteiger charge is 2.31. The molecule has 1 aromatic rings. The number of hydrogen-bond acceptors (Lipinski definition) is 4. The fourth-order valence-electron chi connectivity index (χ4n) is 2.03. The molecule has 0 aromatic carbocycles. The van der Waals surface area contributed by atoms with Crippen molar-refractivity contribution in [3.05, 3.63) is 16.0 Å². The van der Waals surface area contributed by atoms with Gasteiger partial charge < -0.3 is 10.5 Å². The molecule has 2 rings (SSSR count). The lowest BCUT2D eigenvalue weighted by Gasteiger charge is -2.09. The van der Waals surface area contributed by atoms with Gasteiger partial charge in [-0.05, 0) is 24.8 Å². The van der Waals surface area contributed by atoms with Crippen LogP contribution in [0.3, 0.4) is 0 Å². The van der Waals surface area contributed by atoms with Crippen molar-refractivity contribution in [2.24, 2.45) is 5.73 Å².